The molecule has 1 aliphatic carbocycles. The minimum absolute atomic E-state index is 0.0674. The zero-order valence-electron chi connectivity index (χ0n) is 6.58. The van der Waals surface area contributed by atoms with Crippen molar-refractivity contribution >= 4 is 5.97 Å². The van der Waals surface area contributed by atoms with E-state index in [4.69, 9.17) is 9.47 Å². The Morgan fingerprint density at radius 1 is 1.73 bits per heavy atom. The van der Waals surface area contributed by atoms with Crippen molar-refractivity contribution < 1.29 is 14.3 Å². The SMILES string of the molecule is CCOC(=O)[C@@H]1[C@@H]2CCO[C@@H]21. The number of carbonyl (C=O) groups is 1. The standard InChI is InChI=1S/C8H12O3/c1-2-10-8(9)6-5-3-4-11-7(5)6/h5-7H,2-4H2,1H3/t5-,6+,7-/m0/s1. The highest BCUT2D eigenvalue weighted by Crippen LogP contribution is 2.49. The molecule has 1 heterocycles. The fourth-order valence-corrected chi connectivity index (χ4v) is 1.80. The monoisotopic (exact) mass is 156 g/mol. The van der Waals surface area contributed by atoms with Gasteiger partial charge in [0, 0.05) is 12.5 Å². The van der Waals surface area contributed by atoms with E-state index in [0.29, 0.717) is 12.5 Å². The maximum Gasteiger partial charge on any atom is 0.311 e. The fraction of sp³-hybridized carbons (Fsp3) is 0.875. The molecule has 0 spiro atoms. The Balaban J connectivity index is 1.85. The molecule has 0 radical (unpaired) electrons. The van der Waals surface area contributed by atoms with E-state index in [0.717, 1.165) is 13.0 Å². The molecular formula is C8H12O3. The van der Waals surface area contributed by atoms with Crippen molar-refractivity contribution in [2.75, 3.05) is 13.2 Å². The quantitative estimate of drug-likeness (QED) is 0.549. The van der Waals surface area contributed by atoms with Gasteiger partial charge in [-0.1, -0.05) is 0 Å². The normalized spacial score (nSPS) is 39.9. The highest BCUT2D eigenvalue weighted by Gasteiger charge is 2.59. The lowest BCUT2D eigenvalue weighted by Gasteiger charge is -2.02. The van der Waals surface area contributed by atoms with Gasteiger partial charge >= 0.3 is 5.97 Å². The summed E-state index contributed by atoms with van der Waals surface area (Å²) in [5.41, 5.74) is 0. The van der Waals surface area contributed by atoms with Crippen LogP contribution in [0.4, 0.5) is 0 Å². The molecule has 11 heavy (non-hydrogen) atoms. The number of fused-ring (bicyclic) bond motifs is 1. The average Bonchev–Trinajstić information content (AvgIpc) is 2.47. The van der Waals surface area contributed by atoms with Crippen LogP contribution < -0.4 is 0 Å². The molecule has 0 aromatic carbocycles. The fourth-order valence-electron chi connectivity index (χ4n) is 1.80. The lowest BCUT2D eigenvalue weighted by molar-refractivity contribution is -0.146. The van der Waals surface area contributed by atoms with E-state index in [2.05, 4.69) is 0 Å². The molecule has 1 saturated heterocycles. The third kappa shape index (κ3) is 1.03. The molecule has 0 unspecified atom stereocenters. The first-order chi connectivity index (χ1) is 5.34. The van der Waals surface area contributed by atoms with Gasteiger partial charge in [0.15, 0.2) is 0 Å². The number of esters is 1. The van der Waals surface area contributed by atoms with Gasteiger partial charge in [-0.05, 0) is 13.3 Å². The molecule has 62 valence electrons. The Bertz CT molecular complexity index is 168. The van der Waals surface area contributed by atoms with E-state index < -0.39 is 0 Å². The highest BCUT2D eigenvalue weighted by atomic mass is 16.5. The molecule has 0 N–H and O–H groups in total. The molecule has 3 heteroatoms. The summed E-state index contributed by atoms with van der Waals surface area (Å²) in [4.78, 5) is 11.1. The Hall–Kier alpha value is -0.570. The van der Waals surface area contributed by atoms with Crippen molar-refractivity contribution in [1.29, 1.82) is 0 Å². The van der Waals surface area contributed by atoms with E-state index in [1.807, 2.05) is 6.92 Å². The first-order valence-electron chi connectivity index (χ1n) is 4.13. The van der Waals surface area contributed by atoms with Crippen molar-refractivity contribution in [2.45, 2.75) is 19.4 Å². The minimum atomic E-state index is -0.0674. The Morgan fingerprint density at radius 3 is 3.09 bits per heavy atom. The molecule has 1 saturated carbocycles. The molecule has 0 bridgehead atoms. The summed E-state index contributed by atoms with van der Waals surface area (Å²) in [7, 11) is 0. The van der Waals surface area contributed by atoms with Gasteiger partial charge in [-0.25, -0.2) is 0 Å². The van der Waals surface area contributed by atoms with Crippen LogP contribution >= 0.6 is 0 Å². The lowest BCUT2D eigenvalue weighted by atomic mass is 10.2. The van der Waals surface area contributed by atoms with Crippen LogP contribution in [0.3, 0.4) is 0 Å². The van der Waals surface area contributed by atoms with Crippen LogP contribution in [0, 0.1) is 11.8 Å². The summed E-state index contributed by atoms with van der Waals surface area (Å²) in [5.74, 6) is 0.486. The van der Waals surface area contributed by atoms with E-state index >= 15 is 0 Å². The highest BCUT2D eigenvalue weighted by molar-refractivity contribution is 5.77. The van der Waals surface area contributed by atoms with Gasteiger partial charge in [0.1, 0.15) is 0 Å². The molecule has 0 amide bonds. The maximum absolute atomic E-state index is 11.1. The smallest absolute Gasteiger partial charge is 0.311 e. The summed E-state index contributed by atoms with van der Waals surface area (Å²) in [6.07, 6.45) is 1.24. The summed E-state index contributed by atoms with van der Waals surface area (Å²) >= 11 is 0. The van der Waals surface area contributed by atoms with Gasteiger partial charge in [-0.3, -0.25) is 4.79 Å². The third-order valence-electron chi connectivity index (χ3n) is 2.42. The van der Waals surface area contributed by atoms with Crippen molar-refractivity contribution in [3.05, 3.63) is 0 Å². The molecule has 0 aromatic rings. The van der Waals surface area contributed by atoms with E-state index in [9.17, 15) is 4.79 Å². The molecule has 2 fully saturated rings. The largest absolute Gasteiger partial charge is 0.466 e. The van der Waals surface area contributed by atoms with Crippen LogP contribution in [0.25, 0.3) is 0 Å². The Morgan fingerprint density at radius 2 is 2.55 bits per heavy atom. The molecule has 3 nitrogen and oxygen atoms in total. The second kappa shape index (κ2) is 2.48. The number of ether oxygens (including phenoxy) is 2. The average molecular weight is 156 g/mol. The van der Waals surface area contributed by atoms with Crippen molar-refractivity contribution in [1.82, 2.24) is 0 Å². The second-order valence-electron chi connectivity index (χ2n) is 3.07. The second-order valence-corrected chi connectivity index (χ2v) is 3.07. The minimum Gasteiger partial charge on any atom is -0.466 e. The van der Waals surface area contributed by atoms with Gasteiger partial charge in [0.05, 0.1) is 18.6 Å². The molecular weight excluding hydrogens is 144 g/mol. The first-order valence-corrected chi connectivity index (χ1v) is 4.13. The number of hydrogen-bond donors (Lipinski definition) is 0. The van der Waals surface area contributed by atoms with Crippen LogP contribution in [-0.4, -0.2) is 25.3 Å². The number of hydrogen-bond acceptors (Lipinski definition) is 3. The van der Waals surface area contributed by atoms with Crippen LogP contribution in [0.15, 0.2) is 0 Å². The van der Waals surface area contributed by atoms with Gasteiger partial charge in [0.2, 0.25) is 0 Å². The number of carbonyl (C=O) groups excluding carboxylic acids is 1. The molecule has 2 rings (SSSR count). The Labute approximate surface area is 65.7 Å². The zero-order chi connectivity index (χ0) is 7.84. The lowest BCUT2D eigenvalue weighted by Crippen LogP contribution is -2.12. The van der Waals surface area contributed by atoms with Crippen LogP contribution in [0.2, 0.25) is 0 Å². The van der Waals surface area contributed by atoms with Crippen LogP contribution in [0.1, 0.15) is 13.3 Å². The molecule has 1 aliphatic heterocycles. The van der Waals surface area contributed by atoms with Crippen molar-refractivity contribution in [3.63, 3.8) is 0 Å². The summed E-state index contributed by atoms with van der Waals surface area (Å²) in [6, 6.07) is 0. The van der Waals surface area contributed by atoms with Crippen LogP contribution in [0.5, 0.6) is 0 Å². The van der Waals surface area contributed by atoms with Crippen molar-refractivity contribution in [3.8, 4) is 0 Å². The van der Waals surface area contributed by atoms with E-state index in [1.165, 1.54) is 0 Å². The van der Waals surface area contributed by atoms with Gasteiger partial charge in [-0.15, -0.1) is 0 Å². The zero-order valence-corrected chi connectivity index (χ0v) is 6.58. The van der Waals surface area contributed by atoms with Crippen molar-refractivity contribution in [2.24, 2.45) is 11.8 Å². The first kappa shape index (κ1) is 7.10. The maximum atomic E-state index is 11.1. The van der Waals surface area contributed by atoms with Gasteiger partial charge < -0.3 is 9.47 Å². The molecule has 2 aliphatic rings. The summed E-state index contributed by atoms with van der Waals surface area (Å²) < 4.78 is 10.2. The third-order valence-corrected chi connectivity index (χ3v) is 2.42. The summed E-state index contributed by atoms with van der Waals surface area (Å²) in [5, 5.41) is 0. The molecule has 3 atom stereocenters. The Kier molecular flexibility index (Phi) is 1.60. The summed E-state index contributed by atoms with van der Waals surface area (Å²) in [6.45, 7) is 3.14. The van der Waals surface area contributed by atoms with Gasteiger partial charge in [-0.2, -0.15) is 0 Å². The molecule has 0 aromatic heterocycles. The predicted molar refractivity (Wildman–Crippen MR) is 38.0 cm³/mol. The topological polar surface area (TPSA) is 35.5 Å². The van der Waals surface area contributed by atoms with Crippen LogP contribution in [-0.2, 0) is 14.3 Å². The van der Waals surface area contributed by atoms with E-state index in [1.54, 1.807) is 0 Å². The predicted octanol–water partition coefficient (Wildman–Crippen LogP) is 0.584. The van der Waals surface area contributed by atoms with E-state index in [-0.39, 0.29) is 18.0 Å². The van der Waals surface area contributed by atoms with Gasteiger partial charge in [0.25, 0.3) is 0 Å². The number of rotatable bonds is 2.